The summed E-state index contributed by atoms with van der Waals surface area (Å²) < 4.78 is 25.3. The van der Waals surface area contributed by atoms with Crippen LogP contribution in [0.1, 0.15) is 31.4 Å². The van der Waals surface area contributed by atoms with Gasteiger partial charge in [-0.25, -0.2) is 12.7 Å². The molecule has 1 aromatic heterocycles. The number of sulfonamides is 1. The van der Waals surface area contributed by atoms with Crippen molar-refractivity contribution >= 4 is 15.9 Å². The summed E-state index contributed by atoms with van der Waals surface area (Å²) >= 11 is 0. The van der Waals surface area contributed by atoms with Gasteiger partial charge in [-0.2, -0.15) is 0 Å². The maximum atomic E-state index is 12.3. The van der Waals surface area contributed by atoms with Crippen LogP contribution in [-0.2, 0) is 21.4 Å². The predicted molar refractivity (Wildman–Crippen MR) is 87.0 cm³/mol. The van der Waals surface area contributed by atoms with Gasteiger partial charge in [-0.05, 0) is 31.4 Å². The highest BCUT2D eigenvalue weighted by atomic mass is 32.2. The molecule has 0 N–H and O–H groups in total. The Bertz CT molecular complexity index is 677. The number of aromatic nitrogens is 1. The Morgan fingerprint density at radius 3 is 2.78 bits per heavy atom. The number of hydrogen-bond acceptors (Lipinski definition) is 4. The highest BCUT2D eigenvalue weighted by Crippen LogP contribution is 2.39. The van der Waals surface area contributed by atoms with Crippen molar-refractivity contribution in [3.05, 3.63) is 30.1 Å². The lowest BCUT2D eigenvalue weighted by Crippen LogP contribution is -2.54. The van der Waals surface area contributed by atoms with E-state index in [4.69, 9.17) is 0 Å². The zero-order valence-electron chi connectivity index (χ0n) is 13.4. The smallest absolute Gasteiger partial charge is 0.222 e. The van der Waals surface area contributed by atoms with Crippen molar-refractivity contribution in [2.24, 2.45) is 5.41 Å². The number of amides is 1. The first-order valence-corrected chi connectivity index (χ1v) is 9.86. The molecule has 1 spiro atoms. The van der Waals surface area contributed by atoms with Gasteiger partial charge in [0.15, 0.2) is 0 Å². The quantitative estimate of drug-likeness (QED) is 0.832. The van der Waals surface area contributed by atoms with Gasteiger partial charge in [0.25, 0.3) is 0 Å². The van der Waals surface area contributed by atoms with E-state index in [0.717, 1.165) is 25.0 Å². The van der Waals surface area contributed by atoms with Crippen LogP contribution in [0, 0.1) is 5.41 Å². The van der Waals surface area contributed by atoms with Crippen molar-refractivity contribution in [3.63, 3.8) is 0 Å². The lowest BCUT2D eigenvalue weighted by molar-refractivity contribution is -0.139. The Kier molecular flexibility index (Phi) is 4.42. The molecule has 6 nitrogen and oxygen atoms in total. The first-order valence-electron chi connectivity index (χ1n) is 8.01. The first-order chi connectivity index (χ1) is 10.9. The standard InChI is InChI=1S/C16H23N3O3S/c1-23(21,22)19-10-4-7-16(13-19)8-6-15(20)18(12-16)11-14-5-2-3-9-17-14/h2-3,5,9H,4,6-8,10-13H2,1H3/t16-/m1/s1. The maximum Gasteiger partial charge on any atom is 0.222 e. The lowest BCUT2D eigenvalue weighted by atomic mass is 9.74. The van der Waals surface area contributed by atoms with Crippen LogP contribution in [0.4, 0.5) is 0 Å². The van der Waals surface area contributed by atoms with Gasteiger partial charge in [-0.15, -0.1) is 0 Å². The molecule has 3 rings (SSSR count). The number of hydrogen-bond donors (Lipinski definition) is 0. The SMILES string of the molecule is CS(=O)(=O)N1CCC[C@]2(CCC(=O)N(Cc3ccccn3)C2)C1. The summed E-state index contributed by atoms with van der Waals surface area (Å²) in [6.07, 6.45) is 6.10. The van der Waals surface area contributed by atoms with Gasteiger partial charge in [0.1, 0.15) is 0 Å². The molecule has 0 radical (unpaired) electrons. The van der Waals surface area contributed by atoms with E-state index in [-0.39, 0.29) is 11.3 Å². The third kappa shape index (κ3) is 3.72. The van der Waals surface area contributed by atoms with Gasteiger partial charge >= 0.3 is 0 Å². The average Bonchev–Trinajstić information content (AvgIpc) is 2.52. The van der Waals surface area contributed by atoms with Crippen LogP contribution in [0.25, 0.3) is 0 Å². The molecule has 0 unspecified atom stereocenters. The summed E-state index contributed by atoms with van der Waals surface area (Å²) in [5.74, 6) is 0.137. The Hall–Kier alpha value is -1.47. The fraction of sp³-hybridized carbons (Fsp3) is 0.625. The second-order valence-corrected chi connectivity index (χ2v) is 8.75. The number of carbonyl (C=O) groups is 1. The van der Waals surface area contributed by atoms with Gasteiger partial charge in [0.05, 0.1) is 18.5 Å². The first kappa shape index (κ1) is 16.4. The van der Waals surface area contributed by atoms with Crippen LogP contribution < -0.4 is 0 Å². The van der Waals surface area contributed by atoms with E-state index in [1.807, 2.05) is 23.1 Å². The summed E-state index contributed by atoms with van der Waals surface area (Å²) in [6, 6.07) is 5.69. The van der Waals surface area contributed by atoms with E-state index in [0.29, 0.717) is 32.6 Å². The van der Waals surface area contributed by atoms with Gasteiger partial charge < -0.3 is 4.90 Å². The number of piperidine rings is 2. The highest BCUT2D eigenvalue weighted by Gasteiger charge is 2.43. The molecule has 3 heterocycles. The Morgan fingerprint density at radius 1 is 1.26 bits per heavy atom. The molecular weight excluding hydrogens is 314 g/mol. The predicted octanol–water partition coefficient (Wildman–Crippen LogP) is 1.25. The van der Waals surface area contributed by atoms with Gasteiger partial charge in [0.2, 0.25) is 15.9 Å². The van der Waals surface area contributed by atoms with Crippen LogP contribution in [0.5, 0.6) is 0 Å². The number of nitrogens with zero attached hydrogens (tertiary/aromatic N) is 3. The van der Waals surface area contributed by atoms with E-state index in [1.165, 1.54) is 6.26 Å². The molecule has 1 amide bonds. The summed E-state index contributed by atoms with van der Waals surface area (Å²) in [7, 11) is -3.17. The van der Waals surface area contributed by atoms with Crippen molar-refractivity contribution in [2.45, 2.75) is 32.2 Å². The molecule has 2 fully saturated rings. The second-order valence-electron chi connectivity index (χ2n) is 6.77. The van der Waals surface area contributed by atoms with E-state index >= 15 is 0 Å². The topological polar surface area (TPSA) is 70.6 Å². The number of carbonyl (C=O) groups excluding carboxylic acids is 1. The summed E-state index contributed by atoms with van der Waals surface area (Å²) in [5.41, 5.74) is 0.762. The van der Waals surface area contributed by atoms with Crippen molar-refractivity contribution in [3.8, 4) is 0 Å². The summed E-state index contributed by atoms with van der Waals surface area (Å²) in [6.45, 7) is 2.24. The molecule has 2 aliphatic heterocycles. The molecule has 1 atom stereocenters. The Morgan fingerprint density at radius 2 is 2.09 bits per heavy atom. The van der Waals surface area contributed by atoms with Crippen LogP contribution in [0.2, 0.25) is 0 Å². The molecule has 23 heavy (non-hydrogen) atoms. The zero-order chi connectivity index (χ0) is 16.5. The molecule has 2 aliphatic rings. The van der Waals surface area contributed by atoms with Crippen LogP contribution in [0.15, 0.2) is 24.4 Å². The van der Waals surface area contributed by atoms with Gasteiger partial charge in [0, 0.05) is 37.7 Å². The third-order valence-electron chi connectivity index (χ3n) is 4.92. The number of pyridine rings is 1. The molecule has 7 heteroatoms. The Balaban J connectivity index is 1.75. The molecule has 0 bridgehead atoms. The minimum absolute atomic E-state index is 0.107. The normalized spacial score (nSPS) is 26.7. The minimum atomic E-state index is -3.17. The largest absolute Gasteiger partial charge is 0.336 e. The fourth-order valence-corrected chi connectivity index (χ4v) is 4.68. The van der Waals surface area contributed by atoms with Crippen molar-refractivity contribution in [2.75, 3.05) is 25.9 Å². The number of rotatable bonds is 3. The van der Waals surface area contributed by atoms with Crippen molar-refractivity contribution in [1.82, 2.24) is 14.2 Å². The third-order valence-corrected chi connectivity index (χ3v) is 6.17. The minimum Gasteiger partial charge on any atom is -0.336 e. The molecule has 0 aliphatic carbocycles. The van der Waals surface area contributed by atoms with Gasteiger partial charge in [-0.1, -0.05) is 6.07 Å². The molecule has 0 aromatic carbocycles. The van der Waals surface area contributed by atoms with Crippen LogP contribution in [0.3, 0.4) is 0 Å². The van der Waals surface area contributed by atoms with E-state index in [9.17, 15) is 13.2 Å². The van der Waals surface area contributed by atoms with Crippen molar-refractivity contribution in [1.29, 1.82) is 0 Å². The maximum absolute atomic E-state index is 12.3. The monoisotopic (exact) mass is 337 g/mol. The highest BCUT2D eigenvalue weighted by molar-refractivity contribution is 7.88. The van der Waals surface area contributed by atoms with Crippen LogP contribution >= 0.6 is 0 Å². The summed E-state index contributed by atoms with van der Waals surface area (Å²) in [5, 5.41) is 0. The summed E-state index contributed by atoms with van der Waals surface area (Å²) in [4.78, 5) is 18.4. The molecule has 126 valence electrons. The molecule has 2 saturated heterocycles. The molecular formula is C16H23N3O3S. The zero-order valence-corrected chi connectivity index (χ0v) is 14.3. The van der Waals surface area contributed by atoms with E-state index in [2.05, 4.69) is 4.98 Å². The van der Waals surface area contributed by atoms with Gasteiger partial charge in [-0.3, -0.25) is 9.78 Å². The molecule has 1 aromatic rings. The average molecular weight is 337 g/mol. The van der Waals surface area contributed by atoms with E-state index < -0.39 is 10.0 Å². The lowest BCUT2D eigenvalue weighted by Gasteiger charge is -2.47. The van der Waals surface area contributed by atoms with E-state index in [1.54, 1.807) is 10.5 Å². The van der Waals surface area contributed by atoms with Crippen molar-refractivity contribution < 1.29 is 13.2 Å². The fourth-order valence-electron chi connectivity index (χ4n) is 3.71. The molecule has 0 saturated carbocycles. The number of likely N-dealkylation sites (tertiary alicyclic amines) is 1. The van der Waals surface area contributed by atoms with Crippen LogP contribution in [-0.4, -0.2) is 54.4 Å². The Labute approximate surface area is 137 Å². The second kappa shape index (κ2) is 6.20.